The molecule has 1 saturated carbocycles. The van der Waals surface area contributed by atoms with Gasteiger partial charge < -0.3 is 5.32 Å². The Hall–Kier alpha value is -1.48. The van der Waals surface area contributed by atoms with Crippen molar-refractivity contribution in [2.24, 2.45) is 0 Å². The summed E-state index contributed by atoms with van der Waals surface area (Å²) in [5.74, 6) is 0. The summed E-state index contributed by atoms with van der Waals surface area (Å²) < 4.78 is 0. The Morgan fingerprint density at radius 1 is 1.30 bits per heavy atom. The fraction of sp³-hybridized carbons (Fsp3) is 0.353. The molecule has 3 heteroatoms. The van der Waals surface area contributed by atoms with Crippen LogP contribution in [-0.4, -0.2) is 12.3 Å². The van der Waals surface area contributed by atoms with Crippen molar-refractivity contribution in [2.75, 3.05) is 0 Å². The predicted molar refractivity (Wildman–Crippen MR) is 87.2 cm³/mol. The molecule has 0 aromatic heterocycles. The summed E-state index contributed by atoms with van der Waals surface area (Å²) in [6.07, 6.45) is 5.84. The van der Waals surface area contributed by atoms with Crippen molar-refractivity contribution in [1.29, 1.82) is 0 Å². The van der Waals surface area contributed by atoms with Gasteiger partial charge in [-0.1, -0.05) is 61.5 Å². The normalized spacial score (nSPS) is 16.6. The van der Waals surface area contributed by atoms with E-state index in [9.17, 15) is 4.79 Å². The fourth-order valence-corrected chi connectivity index (χ4v) is 3.27. The van der Waals surface area contributed by atoms with Crippen LogP contribution in [0, 0.1) is 0 Å². The second-order valence-electron chi connectivity index (χ2n) is 5.15. The highest BCUT2D eigenvalue weighted by Crippen LogP contribution is 2.33. The Morgan fingerprint density at radius 3 is 2.55 bits per heavy atom. The second-order valence-corrected chi connectivity index (χ2v) is 6.25. The minimum Gasteiger partial charge on any atom is -0.377 e. The molecule has 1 fully saturated rings. The summed E-state index contributed by atoms with van der Waals surface area (Å²) in [7, 11) is 0. The Balaban J connectivity index is 2.08. The van der Waals surface area contributed by atoms with E-state index in [1.807, 2.05) is 37.3 Å². The second kappa shape index (κ2) is 7.34. The quantitative estimate of drug-likeness (QED) is 0.623. The van der Waals surface area contributed by atoms with Gasteiger partial charge in [-0.2, -0.15) is 0 Å². The minimum atomic E-state index is 0.496. The molecule has 0 amide bonds. The molecule has 1 aliphatic rings. The maximum absolute atomic E-state index is 11.1. The smallest absolute Gasteiger partial charge is 0.148 e. The van der Waals surface area contributed by atoms with Gasteiger partial charge in [0.05, 0.1) is 5.03 Å². The van der Waals surface area contributed by atoms with E-state index in [4.69, 9.17) is 0 Å². The molecule has 0 saturated heterocycles. The van der Waals surface area contributed by atoms with Crippen LogP contribution in [0.4, 0.5) is 0 Å². The van der Waals surface area contributed by atoms with Crippen molar-refractivity contribution in [1.82, 2.24) is 5.32 Å². The minimum absolute atomic E-state index is 0.496. The number of allylic oxidation sites excluding steroid dienone is 1. The van der Waals surface area contributed by atoms with E-state index in [0.29, 0.717) is 6.04 Å². The zero-order chi connectivity index (χ0) is 14.4. The first-order valence-corrected chi connectivity index (χ1v) is 7.87. The van der Waals surface area contributed by atoms with Gasteiger partial charge in [-0.15, -0.1) is 0 Å². The van der Waals surface area contributed by atoms with Gasteiger partial charge in [-0.05, 0) is 25.3 Å². The van der Waals surface area contributed by atoms with Gasteiger partial charge in [0, 0.05) is 16.5 Å². The Labute approximate surface area is 125 Å². The number of carbonyl (C=O) groups excluding carboxylic acids is 1. The molecule has 1 aromatic rings. The molecular formula is C17H21NOS. The monoisotopic (exact) mass is 287 g/mol. The first-order chi connectivity index (χ1) is 9.70. The van der Waals surface area contributed by atoms with Crippen LogP contribution in [0.3, 0.4) is 0 Å². The van der Waals surface area contributed by atoms with Crippen molar-refractivity contribution < 1.29 is 4.79 Å². The number of hydrogen-bond acceptors (Lipinski definition) is 3. The largest absolute Gasteiger partial charge is 0.377 e. The molecule has 2 nitrogen and oxygen atoms in total. The molecule has 106 valence electrons. The van der Waals surface area contributed by atoms with Crippen LogP contribution in [-0.2, 0) is 4.79 Å². The van der Waals surface area contributed by atoms with Crippen LogP contribution in [0.25, 0.3) is 4.91 Å². The summed E-state index contributed by atoms with van der Waals surface area (Å²) in [6.45, 7) is 5.99. The van der Waals surface area contributed by atoms with E-state index in [2.05, 4.69) is 11.9 Å². The van der Waals surface area contributed by atoms with Crippen LogP contribution in [0.15, 0.2) is 47.5 Å². The van der Waals surface area contributed by atoms with Crippen LogP contribution in [0.5, 0.6) is 0 Å². The molecule has 0 spiro atoms. The van der Waals surface area contributed by atoms with Crippen LogP contribution in [0.2, 0.25) is 0 Å². The zero-order valence-corrected chi connectivity index (χ0v) is 12.7. The number of nitrogens with one attached hydrogen (secondary N) is 1. The third-order valence-electron chi connectivity index (χ3n) is 3.55. The van der Waals surface area contributed by atoms with Gasteiger partial charge in [0.2, 0.25) is 0 Å². The summed E-state index contributed by atoms with van der Waals surface area (Å²) >= 11 is 1.56. The lowest BCUT2D eigenvalue weighted by Gasteiger charge is -2.18. The lowest BCUT2D eigenvalue weighted by atomic mass is 10.2. The third kappa shape index (κ3) is 4.01. The van der Waals surface area contributed by atoms with Crippen molar-refractivity contribution in [3.63, 3.8) is 0 Å². The molecule has 0 atom stereocenters. The van der Waals surface area contributed by atoms with Crippen molar-refractivity contribution in [3.05, 3.63) is 53.1 Å². The Kier molecular flexibility index (Phi) is 5.48. The lowest BCUT2D eigenvalue weighted by Crippen LogP contribution is -2.25. The van der Waals surface area contributed by atoms with Crippen LogP contribution < -0.4 is 5.32 Å². The maximum Gasteiger partial charge on any atom is 0.148 e. The van der Waals surface area contributed by atoms with Gasteiger partial charge >= 0.3 is 0 Å². The predicted octanol–water partition coefficient (Wildman–Crippen LogP) is 4.35. The van der Waals surface area contributed by atoms with E-state index in [1.54, 1.807) is 11.8 Å². The van der Waals surface area contributed by atoms with E-state index in [0.717, 1.165) is 27.4 Å². The van der Waals surface area contributed by atoms with Crippen molar-refractivity contribution in [2.45, 2.75) is 38.6 Å². The molecule has 1 aromatic carbocycles. The molecule has 1 N–H and O–H groups in total. The molecule has 0 unspecified atom stereocenters. The maximum atomic E-state index is 11.1. The van der Waals surface area contributed by atoms with E-state index < -0.39 is 0 Å². The molecule has 0 radical (unpaired) electrons. The van der Waals surface area contributed by atoms with Crippen LogP contribution >= 0.6 is 11.8 Å². The fourth-order valence-electron chi connectivity index (χ4n) is 2.34. The lowest BCUT2D eigenvalue weighted by molar-refractivity contribution is -0.104. The highest BCUT2D eigenvalue weighted by Gasteiger charge is 2.17. The first-order valence-electron chi connectivity index (χ1n) is 7.05. The number of carbonyl (C=O) groups is 1. The summed E-state index contributed by atoms with van der Waals surface area (Å²) in [5, 5.41) is 4.46. The van der Waals surface area contributed by atoms with Crippen LogP contribution in [0.1, 0.15) is 38.2 Å². The number of hydrogen-bond donors (Lipinski definition) is 1. The average molecular weight is 287 g/mol. The van der Waals surface area contributed by atoms with Gasteiger partial charge in [-0.25, -0.2) is 0 Å². The molecule has 2 rings (SSSR count). The Bertz CT molecular complexity index is 501. The Morgan fingerprint density at radius 2 is 1.95 bits per heavy atom. The van der Waals surface area contributed by atoms with E-state index in [-0.39, 0.29) is 0 Å². The molecular weight excluding hydrogens is 266 g/mol. The SMILES string of the molecule is C=C(S/C(NC1CCCC1)=C(\C)C=O)c1ccccc1. The number of benzene rings is 1. The van der Waals surface area contributed by atoms with Gasteiger partial charge in [0.15, 0.2) is 0 Å². The number of thioether (sulfide) groups is 1. The summed E-state index contributed by atoms with van der Waals surface area (Å²) in [4.78, 5) is 12.1. The first kappa shape index (κ1) is 14.9. The molecule has 0 heterocycles. The summed E-state index contributed by atoms with van der Waals surface area (Å²) in [6, 6.07) is 10.6. The number of rotatable bonds is 6. The van der Waals surface area contributed by atoms with Gasteiger partial charge in [-0.3, -0.25) is 4.79 Å². The molecule has 1 aliphatic carbocycles. The topological polar surface area (TPSA) is 29.1 Å². The van der Waals surface area contributed by atoms with Crippen molar-refractivity contribution in [3.8, 4) is 0 Å². The molecule has 20 heavy (non-hydrogen) atoms. The average Bonchev–Trinajstić information content (AvgIpc) is 2.99. The summed E-state index contributed by atoms with van der Waals surface area (Å²) in [5.41, 5.74) is 1.85. The standard InChI is InChI=1S/C17H21NOS/c1-13(12-19)17(18-16-10-6-7-11-16)20-14(2)15-8-4-3-5-9-15/h3-5,8-9,12,16,18H,2,6-7,10-11H2,1H3/b17-13+. The van der Waals surface area contributed by atoms with Gasteiger partial charge in [0.1, 0.15) is 6.29 Å². The molecule has 0 aliphatic heterocycles. The highest BCUT2D eigenvalue weighted by molar-refractivity contribution is 8.11. The van der Waals surface area contributed by atoms with E-state index >= 15 is 0 Å². The third-order valence-corrected chi connectivity index (χ3v) is 4.67. The number of aldehydes is 1. The highest BCUT2D eigenvalue weighted by atomic mass is 32.2. The van der Waals surface area contributed by atoms with E-state index in [1.165, 1.54) is 25.7 Å². The van der Waals surface area contributed by atoms with Gasteiger partial charge in [0.25, 0.3) is 0 Å². The van der Waals surface area contributed by atoms with Crippen molar-refractivity contribution >= 4 is 23.0 Å². The zero-order valence-electron chi connectivity index (χ0n) is 11.9. The molecule has 0 bridgehead atoms.